The molecule has 0 bridgehead atoms. The SMILES string of the molecule is [CH2+]C(=O)S. The second kappa shape index (κ2) is 1.24. The smallest absolute Gasteiger partial charge is 0.231 e. The number of hydrogen-bond acceptors (Lipinski definition) is 1. The number of hydrogen-bond donors (Lipinski definition) is 1. The standard InChI is InChI=1S/C2H2OS/c1-2(3)4/h1H2/p+1. The van der Waals surface area contributed by atoms with Gasteiger partial charge >= 0.3 is 5.12 Å². The van der Waals surface area contributed by atoms with Gasteiger partial charge in [0.05, 0.1) is 0 Å². The Labute approximate surface area is 30.4 Å². The van der Waals surface area contributed by atoms with E-state index in [0.29, 0.717) is 0 Å². The molecule has 0 aliphatic rings. The maximum atomic E-state index is 9.20. The third-order valence-corrected chi connectivity index (χ3v) is 0. The van der Waals surface area contributed by atoms with Crippen molar-refractivity contribution >= 4 is 17.7 Å². The van der Waals surface area contributed by atoms with Gasteiger partial charge in [0, 0.05) is 0 Å². The highest BCUT2D eigenvalue weighted by atomic mass is 32.1. The van der Waals surface area contributed by atoms with Gasteiger partial charge in [-0.25, -0.2) is 4.79 Å². The molecule has 1 nitrogen and oxygen atoms in total. The number of rotatable bonds is 0. The van der Waals surface area contributed by atoms with Crippen LogP contribution in [0.3, 0.4) is 0 Å². The summed E-state index contributed by atoms with van der Waals surface area (Å²) in [6.45, 7) is 2.86. The van der Waals surface area contributed by atoms with Crippen LogP contribution < -0.4 is 0 Å². The van der Waals surface area contributed by atoms with Gasteiger partial charge in [0.1, 0.15) is 6.92 Å². The van der Waals surface area contributed by atoms with Gasteiger partial charge in [-0.05, 0) is 0 Å². The molecule has 0 aliphatic heterocycles. The van der Waals surface area contributed by atoms with Crippen LogP contribution in [0.1, 0.15) is 0 Å². The first-order chi connectivity index (χ1) is 1.73. The van der Waals surface area contributed by atoms with E-state index in [1.165, 1.54) is 0 Å². The first kappa shape index (κ1) is 3.89. The maximum absolute atomic E-state index is 9.20. The van der Waals surface area contributed by atoms with Gasteiger partial charge in [-0.1, -0.05) is 12.6 Å². The van der Waals surface area contributed by atoms with Crippen molar-refractivity contribution in [1.82, 2.24) is 0 Å². The Morgan fingerprint density at radius 3 is 2.00 bits per heavy atom. The van der Waals surface area contributed by atoms with Crippen LogP contribution >= 0.6 is 12.6 Å². The van der Waals surface area contributed by atoms with E-state index in [-0.39, 0.29) is 5.12 Å². The molecule has 0 aromatic heterocycles. The van der Waals surface area contributed by atoms with E-state index < -0.39 is 0 Å². The van der Waals surface area contributed by atoms with Gasteiger partial charge in [0.2, 0.25) is 0 Å². The molecular formula is C2H3OS+. The Bertz CT molecular complexity index is 29.0. The summed E-state index contributed by atoms with van der Waals surface area (Å²) in [5, 5.41) is -0.389. The summed E-state index contributed by atoms with van der Waals surface area (Å²) in [5.41, 5.74) is 0. The predicted molar refractivity (Wildman–Crippen MR) is 19.3 cm³/mol. The highest BCUT2D eigenvalue weighted by Gasteiger charge is 1.77. The van der Waals surface area contributed by atoms with E-state index in [4.69, 9.17) is 0 Å². The summed E-state index contributed by atoms with van der Waals surface area (Å²) >= 11 is 3.22. The molecule has 0 heterocycles. The molecule has 2 heteroatoms. The van der Waals surface area contributed by atoms with E-state index >= 15 is 0 Å². The van der Waals surface area contributed by atoms with Crippen molar-refractivity contribution < 1.29 is 4.79 Å². The van der Waals surface area contributed by atoms with Crippen molar-refractivity contribution in [3.63, 3.8) is 0 Å². The third-order valence-electron chi connectivity index (χ3n) is 0. The normalized spacial score (nSPS) is 6.25. The highest BCUT2D eigenvalue weighted by molar-refractivity contribution is 7.96. The van der Waals surface area contributed by atoms with Crippen LogP contribution in [0.5, 0.6) is 0 Å². The highest BCUT2D eigenvalue weighted by Crippen LogP contribution is 1.65. The van der Waals surface area contributed by atoms with Crippen LogP contribution in [0.4, 0.5) is 0 Å². The first-order valence-corrected chi connectivity index (χ1v) is 1.23. The Hall–Kier alpha value is -0.110. The molecule has 0 spiro atoms. The molecule has 0 rings (SSSR count). The van der Waals surface area contributed by atoms with Crippen LogP contribution in [-0.2, 0) is 4.79 Å². The van der Waals surface area contributed by atoms with Gasteiger partial charge < -0.3 is 0 Å². The van der Waals surface area contributed by atoms with Gasteiger partial charge in [-0.3, -0.25) is 0 Å². The molecule has 0 unspecified atom stereocenters. The average Bonchev–Trinajstić information content (AvgIpc) is 0.811. The van der Waals surface area contributed by atoms with Crippen LogP contribution in [0.25, 0.3) is 0 Å². The third kappa shape index (κ3) is 124. The molecule has 0 N–H and O–H groups in total. The van der Waals surface area contributed by atoms with Crippen molar-refractivity contribution in [2.45, 2.75) is 0 Å². The van der Waals surface area contributed by atoms with Crippen molar-refractivity contribution in [2.24, 2.45) is 0 Å². The van der Waals surface area contributed by atoms with Crippen molar-refractivity contribution in [2.75, 3.05) is 0 Å². The summed E-state index contributed by atoms with van der Waals surface area (Å²) in [5.74, 6) is 0. The number of carbonyl (C=O) groups is 1. The topological polar surface area (TPSA) is 17.1 Å². The largest absolute Gasteiger partial charge is 0.358 e. The van der Waals surface area contributed by atoms with Crippen LogP contribution in [0.2, 0.25) is 0 Å². The fourth-order valence-electron chi connectivity index (χ4n) is 0. The molecule has 22 valence electrons. The minimum Gasteiger partial charge on any atom is -0.231 e. The molecule has 0 saturated heterocycles. The Morgan fingerprint density at radius 2 is 2.00 bits per heavy atom. The minimum absolute atomic E-state index is 0.389. The average molecular weight is 75.1 g/mol. The molecule has 0 amide bonds. The summed E-state index contributed by atoms with van der Waals surface area (Å²) < 4.78 is 0. The predicted octanol–water partition coefficient (Wildman–Crippen LogP) is 0.277. The first-order valence-electron chi connectivity index (χ1n) is 0.781. The molecule has 0 fully saturated rings. The quantitative estimate of drug-likeness (QED) is 0.323. The Balaban J connectivity index is 2.80. The zero-order chi connectivity index (χ0) is 3.58. The van der Waals surface area contributed by atoms with Crippen molar-refractivity contribution in [1.29, 1.82) is 0 Å². The molecular weight excluding hydrogens is 72.1 g/mol. The summed E-state index contributed by atoms with van der Waals surface area (Å²) in [7, 11) is 0. The van der Waals surface area contributed by atoms with E-state index in [9.17, 15) is 4.79 Å². The van der Waals surface area contributed by atoms with Gasteiger partial charge in [-0.15, -0.1) is 0 Å². The van der Waals surface area contributed by atoms with Crippen molar-refractivity contribution in [3.8, 4) is 0 Å². The van der Waals surface area contributed by atoms with Gasteiger partial charge in [0.25, 0.3) is 0 Å². The number of carbonyl (C=O) groups excluding carboxylic acids is 1. The molecule has 0 radical (unpaired) electrons. The Kier molecular flexibility index (Phi) is 1.20. The second-order valence-electron chi connectivity index (χ2n) is 0.394. The molecule has 0 aliphatic carbocycles. The molecule has 4 heavy (non-hydrogen) atoms. The number of thiol groups is 1. The fourth-order valence-corrected chi connectivity index (χ4v) is 0. The van der Waals surface area contributed by atoms with E-state index in [1.54, 1.807) is 0 Å². The fraction of sp³-hybridized carbons (Fsp3) is 0. The van der Waals surface area contributed by atoms with Crippen LogP contribution in [-0.4, -0.2) is 5.12 Å². The molecule has 0 atom stereocenters. The summed E-state index contributed by atoms with van der Waals surface area (Å²) in [6, 6.07) is 0. The lowest BCUT2D eigenvalue weighted by atomic mass is 10.9. The lowest BCUT2D eigenvalue weighted by Crippen LogP contribution is -1.63. The van der Waals surface area contributed by atoms with Crippen molar-refractivity contribution in [3.05, 3.63) is 6.92 Å². The summed E-state index contributed by atoms with van der Waals surface area (Å²) in [4.78, 5) is 9.20. The molecule has 0 aromatic carbocycles. The Morgan fingerprint density at radius 1 is 2.00 bits per heavy atom. The zero-order valence-electron chi connectivity index (χ0n) is 2.06. The van der Waals surface area contributed by atoms with Crippen LogP contribution in [0, 0.1) is 6.92 Å². The molecule has 0 saturated carbocycles. The van der Waals surface area contributed by atoms with E-state index in [2.05, 4.69) is 19.6 Å². The van der Waals surface area contributed by atoms with Crippen LogP contribution in [0.15, 0.2) is 0 Å². The molecule has 0 aromatic rings. The lowest BCUT2D eigenvalue weighted by molar-refractivity contribution is -0.107. The zero-order valence-corrected chi connectivity index (χ0v) is 2.96. The van der Waals surface area contributed by atoms with Gasteiger partial charge in [0.15, 0.2) is 0 Å². The van der Waals surface area contributed by atoms with Gasteiger partial charge in [-0.2, -0.15) is 0 Å². The lowest BCUT2D eigenvalue weighted by Gasteiger charge is -1.42. The van der Waals surface area contributed by atoms with E-state index in [1.807, 2.05) is 0 Å². The monoisotopic (exact) mass is 75.0 g/mol. The maximum Gasteiger partial charge on any atom is 0.358 e. The van der Waals surface area contributed by atoms with E-state index in [0.717, 1.165) is 0 Å². The second-order valence-corrected chi connectivity index (χ2v) is 0.893. The summed E-state index contributed by atoms with van der Waals surface area (Å²) in [6.07, 6.45) is 0. The minimum atomic E-state index is -0.389.